The van der Waals surface area contributed by atoms with Crippen molar-refractivity contribution in [1.29, 1.82) is 0 Å². The van der Waals surface area contributed by atoms with Crippen LogP contribution in [0.1, 0.15) is 5.56 Å². The summed E-state index contributed by atoms with van der Waals surface area (Å²) in [6.07, 6.45) is 2.04. The molecule has 2 aromatic heterocycles. The molecule has 16 heavy (non-hydrogen) atoms. The molecule has 3 rings (SSSR count). The Bertz CT molecular complexity index is 624. The average Bonchev–Trinajstić information content (AvgIpc) is 2.73. The van der Waals surface area contributed by atoms with Crippen molar-refractivity contribution in [2.75, 3.05) is 0 Å². The summed E-state index contributed by atoms with van der Waals surface area (Å²) in [5.41, 5.74) is 4.52. The second-order valence-electron chi connectivity index (χ2n) is 3.97. The maximum atomic E-state index is 4.56. The number of fused-ring (bicyclic) bond motifs is 1. The fourth-order valence-electron chi connectivity index (χ4n) is 1.84. The molecule has 0 fully saturated rings. The lowest BCUT2D eigenvalue weighted by atomic mass is 10.1. The zero-order valence-electron chi connectivity index (χ0n) is 9.09. The molecule has 2 nitrogen and oxygen atoms in total. The summed E-state index contributed by atoms with van der Waals surface area (Å²) < 4.78 is 1.93. The summed E-state index contributed by atoms with van der Waals surface area (Å²) in [5.74, 6) is 0. The van der Waals surface area contributed by atoms with Crippen molar-refractivity contribution < 1.29 is 0 Å². The van der Waals surface area contributed by atoms with E-state index in [0.717, 1.165) is 16.8 Å². The second-order valence-corrected chi connectivity index (χ2v) is 3.97. The lowest BCUT2D eigenvalue weighted by Gasteiger charge is -1.94. The summed E-state index contributed by atoms with van der Waals surface area (Å²) in [6.45, 7) is 2.07. The molecule has 0 spiro atoms. The van der Waals surface area contributed by atoms with E-state index in [0.29, 0.717) is 0 Å². The molecular weight excluding hydrogens is 196 g/mol. The fraction of sp³-hybridized carbons (Fsp3) is 0.0714. The Kier molecular flexibility index (Phi) is 2.00. The molecular formula is C14H12N2. The number of benzene rings is 1. The Morgan fingerprint density at radius 1 is 1.00 bits per heavy atom. The van der Waals surface area contributed by atoms with Gasteiger partial charge in [0.1, 0.15) is 0 Å². The van der Waals surface area contributed by atoms with Gasteiger partial charge in [-0.1, -0.05) is 36.4 Å². The number of nitrogens with zero attached hydrogens (tertiary/aromatic N) is 2. The minimum Gasteiger partial charge on any atom is -0.240 e. The quantitative estimate of drug-likeness (QED) is 0.599. The van der Waals surface area contributed by atoms with E-state index in [-0.39, 0.29) is 0 Å². The second kappa shape index (κ2) is 3.49. The van der Waals surface area contributed by atoms with Gasteiger partial charge in [-0.25, -0.2) is 4.52 Å². The SMILES string of the molecule is Cc1ccc2cc(-c3ccccc3)nn2c1. The zero-order valence-corrected chi connectivity index (χ0v) is 9.09. The first-order valence-corrected chi connectivity index (χ1v) is 5.34. The van der Waals surface area contributed by atoms with Crippen molar-refractivity contribution in [3.05, 3.63) is 60.3 Å². The maximum absolute atomic E-state index is 4.56. The standard InChI is InChI=1S/C14H12N2/c1-11-7-8-13-9-14(15-16(13)10-11)12-5-3-2-4-6-12/h2-10H,1H3. The van der Waals surface area contributed by atoms with Gasteiger partial charge in [0.2, 0.25) is 0 Å². The number of aryl methyl sites for hydroxylation is 1. The lowest BCUT2D eigenvalue weighted by molar-refractivity contribution is 0.956. The van der Waals surface area contributed by atoms with Gasteiger partial charge >= 0.3 is 0 Å². The molecule has 1 aromatic carbocycles. The van der Waals surface area contributed by atoms with Crippen LogP contribution in [0.2, 0.25) is 0 Å². The Hall–Kier alpha value is -2.09. The molecule has 0 aliphatic carbocycles. The molecule has 0 amide bonds. The molecule has 0 saturated heterocycles. The highest BCUT2D eigenvalue weighted by atomic mass is 15.2. The molecule has 0 bridgehead atoms. The van der Waals surface area contributed by atoms with Gasteiger partial charge in [0.25, 0.3) is 0 Å². The molecule has 78 valence electrons. The van der Waals surface area contributed by atoms with Gasteiger partial charge in [-0.3, -0.25) is 0 Å². The highest BCUT2D eigenvalue weighted by Gasteiger charge is 2.03. The highest BCUT2D eigenvalue weighted by molar-refractivity contribution is 5.65. The van der Waals surface area contributed by atoms with E-state index in [1.165, 1.54) is 5.56 Å². The van der Waals surface area contributed by atoms with Gasteiger partial charge < -0.3 is 0 Å². The summed E-state index contributed by atoms with van der Waals surface area (Å²) in [7, 11) is 0. The molecule has 0 aliphatic heterocycles. The largest absolute Gasteiger partial charge is 0.240 e. The van der Waals surface area contributed by atoms with Gasteiger partial charge in [-0.2, -0.15) is 5.10 Å². The van der Waals surface area contributed by atoms with E-state index >= 15 is 0 Å². The smallest absolute Gasteiger partial charge is 0.0933 e. The molecule has 2 heteroatoms. The topological polar surface area (TPSA) is 17.3 Å². The fourth-order valence-corrected chi connectivity index (χ4v) is 1.84. The monoisotopic (exact) mass is 208 g/mol. The average molecular weight is 208 g/mol. The minimum atomic E-state index is 1.02. The van der Waals surface area contributed by atoms with Crippen LogP contribution in [0.15, 0.2) is 54.7 Å². The van der Waals surface area contributed by atoms with Gasteiger partial charge in [0.05, 0.1) is 11.2 Å². The number of hydrogen-bond acceptors (Lipinski definition) is 1. The number of pyridine rings is 1. The van der Waals surface area contributed by atoms with Gasteiger partial charge in [-0.05, 0) is 24.6 Å². The normalized spacial score (nSPS) is 10.8. The zero-order chi connectivity index (χ0) is 11.0. The van der Waals surface area contributed by atoms with Crippen LogP contribution < -0.4 is 0 Å². The molecule has 0 saturated carbocycles. The molecule has 2 heterocycles. The van der Waals surface area contributed by atoms with Gasteiger partial charge in [0.15, 0.2) is 0 Å². The van der Waals surface area contributed by atoms with Crippen LogP contribution in [0.5, 0.6) is 0 Å². The number of rotatable bonds is 1. The van der Waals surface area contributed by atoms with Crippen LogP contribution in [0.3, 0.4) is 0 Å². The van der Waals surface area contributed by atoms with Crippen molar-refractivity contribution >= 4 is 5.52 Å². The number of hydrogen-bond donors (Lipinski definition) is 0. The molecule has 0 atom stereocenters. The number of aromatic nitrogens is 2. The van der Waals surface area contributed by atoms with E-state index in [1.807, 2.05) is 28.9 Å². The van der Waals surface area contributed by atoms with Crippen molar-refractivity contribution in [1.82, 2.24) is 9.61 Å². The highest BCUT2D eigenvalue weighted by Crippen LogP contribution is 2.19. The molecule has 3 aromatic rings. The van der Waals surface area contributed by atoms with Crippen molar-refractivity contribution in [3.8, 4) is 11.3 Å². The predicted octanol–water partition coefficient (Wildman–Crippen LogP) is 3.31. The van der Waals surface area contributed by atoms with Gasteiger partial charge in [-0.15, -0.1) is 0 Å². The summed E-state index contributed by atoms with van der Waals surface area (Å²) in [4.78, 5) is 0. The third-order valence-corrected chi connectivity index (χ3v) is 2.68. The van der Waals surface area contributed by atoms with Crippen LogP contribution >= 0.6 is 0 Å². The Labute approximate surface area is 94.2 Å². The van der Waals surface area contributed by atoms with Crippen molar-refractivity contribution in [3.63, 3.8) is 0 Å². The molecule has 0 unspecified atom stereocenters. The van der Waals surface area contributed by atoms with Crippen LogP contribution in [0.4, 0.5) is 0 Å². The van der Waals surface area contributed by atoms with Crippen LogP contribution in [-0.4, -0.2) is 9.61 Å². The van der Waals surface area contributed by atoms with Crippen LogP contribution in [0.25, 0.3) is 16.8 Å². The van der Waals surface area contributed by atoms with Crippen LogP contribution in [0, 0.1) is 6.92 Å². The molecule has 0 radical (unpaired) electrons. The van der Waals surface area contributed by atoms with E-state index in [2.05, 4.69) is 42.4 Å². The lowest BCUT2D eigenvalue weighted by Crippen LogP contribution is -1.87. The maximum Gasteiger partial charge on any atom is 0.0933 e. The first-order valence-electron chi connectivity index (χ1n) is 5.34. The Morgan fingerprint density at radius 3 is 2.62 bits per heavy atom. The molecule has 0 N–H and O–H groups in total. The first kappa shape index (κ1) is 9.16. The third-order valence-electron chi connectivity index (χ3n) is 2.68. The predicted molar refractivity (Wildman–Crippen MR) is 65.4 cm³/mol. The van der Waals surface area contributed by atoms with Crippen LogP contribution in [-0.2, 0) is 0 Å². The van der Waals surface area contributed by atoms with E-state index in [1.54, 1.807) is 0 Å². The van der Waals surface area contributed by atoms with E-state index in [4.69, 9.17) is 0 Å². The van der Waals surface area contributed by atoms with Crippen molar-refractivity contribution in [2.24, 2.45) is 0 Å². The summed E-state index contributed by atoms with van der Waals surface area (Å²) in [5, 5.41) is 4.56. The van der Waals surface area contributed by atoms with E-state index in [9.17, 15) is 0 Å². The first-order chi connectivity index (χ1) is 7.83. The minimum absolute atomic E-state index is 1.02. The summed E-state index contributed by atoms with van der Waals surface area (Å²) in [6, 6.07) is 16.5. The molecule has 0 aliphatic rings. The third kappa shape index (κ3) is 1.48. The van der Waals surface area contributed by atoms with E-state index < -0.39 is 0 Å². The van der Waals surface area contributed by atoms with Gasteiger partial charge in [0, 0.05) is 11.8 Å². The summed E-state index contributed by atoms with van der Waals surface area (Å²) >= 11 is 0. The van der Waals surface area contributed by atoms with Crippen molar-refractivity contribution in [2.45, 2.75) is 6.92 Å². The Morgan fingerprint density at radius 2 is 1.81 bits per heavy atom. The Balaban J connectivity index is 2.19.